The number of hydrogen-bond acceptors (Lipinski definition) is 1. The summed E-state index contributed by atoms with van der Waals surface area (Å²) in [6, 6.07) is 6.48. The third kappa shape index (κ3) is 5.25. The third-order valence-corrected chi connectivity index (χ3v) is 3.45. The van der Waals surface area contributed by atoms with Crippen LogP contribution in [0.3, 0.4) is 0 Å². The number of aryl methyl sites for hydroxylation is 1. The Morgan fingerprint density at radius 1 is 0.941 bits per heavy atom. The van der Waals surface area contributed by atoms with Crippen LogP contribution in [-0.4, -0.2) is 6.54 Å². The van der Waals surface area contributed by atoms with Crippen LogP contribution in [-0.2, 0) is 0 Å². The Morgan fingerprint density at radius 3 is 2.41 bits per heavy atom. The molecule has 17 heavy (non-hydrogen) atoms. The smallest absolute Gasteiger partial charge is 0.0372 e. The zero-order valence-electron chi connectivity index (χ0n) is 11.7. The minimum atomic E-state index is 1.11. The van der Waals surface area contributed by atoms with Gasteiger partial charge in [-0.15, -0.1) is 0 Å². The molecule has 96 valence electrons. The first-order valence-corrected chi connectivity index (χ1v) is 7.05. The lowest BCUT2D eigenvalue weighted by molar-refractivity contribution is 0.617. The molecule has 0 saturated heterocycles. The molecule has 0 aliphatic carbocycles. The summed E-state index contributed by atoms with van der Waals surface area (Å²) in [6.07, 6.45) is 8.17. The molecule has 0 radical (unpaired) electrons. The maximum atomic E-state index is 3.54. The average Bonchev–Trinajstić information content (AvgIpc) is 2.33. The Morgan fingerprint density at radius 2 is 1.65 bits per heavy atom. The summed E-state index contributed by atoms with van der Waals surface area (Å²) in [7, 11) is 0. The van der Waals surface area contributed by atoms with Crippen LogP contribution in [0.25, 0.3) is 0 Å². The maximum absolute atomic E-state index is 3.54. The van der Waals surface area contributed by atoms with Crippen LogP contribution in [0.1, 0.15) is 56.6 Å². The molecule has 1 aromatic carbocycles. The van der Waals surface area contributed by atoms with Gasteiger partial charge in [-0.3, -0.25) is 0 Å². The molecule has 1 N–H and O–H groups in total. The molecule has 0 aliphatic heterocycles. The van der Waals surface area contributed by atoms with E-state index in [9.17, 15) is 0 Å². The molecule has 0 fully saturated rings. The SMILES string of the molecule is CCCCCCCCNc1cccc(C)c1C. The molecule has 1 aromatic rings. The van der Waals surface area contributed by atoms with Gasteiger partial charge in [0.25, 0.3) is 0 Å². The quantitative estimate of drug-likeness (QED) is 0.618. The van der Waals surface area contributed by atoms with Gasteiger partial charge >= 0.3 is 0 Å². The molecule has 0 atom stereocenters. The summed E-state index contributed by atoms with van der Waals surface area (Å²) in [5.74, 6) is 0. The minimum absolute atomic E-state index is 1.11. The van der Waals surface area contributed by atoms with Gasteiger partial charge in [0.1, 0.15) is 0 Å². The van der Waals surface area contributed by atoms with Gasteiger partial charge in [0.15, 0.2) is 0 Å². The van der Waals surface area contributed by atoms with Crippen LogP contribution in [0.5, 0.6) is 0 Å². The lowest BCUT2D eigenvalue weighted by Crippen LogP contribution is -2.03. The van der Waals surface area contributed by atoms with E-state index in [0.29, 0.717) is 0 Å². The number of anilines is 1. The summed E-state index contributed by atoms with van der Waals surface area (Å²) < 4.78 is 0. The van der Waals surface area contributed by atoms with Crippen LogP contribution in [0.4, 0.5) is 5.69 Å². The topological polar surface area (TPSA) is 12.0 Å². The van der Waals surface area contributed by atoms with Crippen molar-refractivity contribution in [1.82, 2.24) is 0 Å². The van der Waals surface area contributed by atoms with Crippen molar-refractivity contribution >= 4 is 5.69 Å². The Kier molecular flexibility index (Phi) is 6.76. The van der Waals surface area contributed by atoms with Crippen LogP contribution in [0, 0.1) is 13.8 Å². The van der Waals surface area contributed by atoms with E-state index in [1.54, 1.807) is 0 Å². The van der Waals surface area contributed by atoms with Gasteiger partial charge < -0.3 is 5.32 Å². The van der Waals surface area contributed by atoms with E-state index in [4.69, 9.17) is 0 Å². The van der Waals surface area contributed by atoms with Crippen molar-refractivity contribution in [2.75, 3.05) is 11.9 Å². The minimum Gasteiger partial charge on any atom is -0.385 e. The monoisotopic (exact) mass is 233 g/mol. The predicted octanol–water partition coefficient (Wildman–Crippen LogP) is 5.08. The van der Waals surface area contributed by atoms with E-state index >= 15 is 0 Å². The largest absolute Gasteiger partial charge is 0.385 e. The Bertz CT molecular complexity index is 317. The third-order valence-electron chi connectivity index (χ3n) is 3.45. The molecule has 0 bridgehead atoms. The molecule has 0 saturated carbocycles. The van der Waals surface area contributed by atoms with Crippen LogP contribution >= 0.6 is 0 Å². The van der Waals surface area contributed by atoms with E-state index in [-0.39, 0.29) is 0 Å². The van der Waals surface area contributed by atoms with Crippen LogP contribution in [0.2, 0.25) is 0 Å². The highest BCUT2D eigenvalue weighted by molar-refractivity contribution is 5.53. The second-order valence-corrected chi connectivity index (χ2v) is 4.94. The van der Waals surface area contributed by atoms with Crippen molar-refractivity contribution < 1.29 is 0 Å². The molecular formula is C16H27N. The molecule has 0 spiro atoms. The van der Waals surface area contributed by atoms with Crippen molar-refractivity contribution in [3.63, 3.8) is 0 Å². The number of nitrogens with one attached hydrogen (secondary N) is 1. The van der Waals surface area contributed by atoms with E-state index < -0.39 is 0 Å². The highest BCUT2D eigenvalue weighted by atomic mass is 14.9. The number of hydrogen-bond donors (Lipinski definition) is 1. The Hall–Kier alpha value is -0.980. The fourth-order valence-electron chi connectivity index (χ4n) is 2.07. The molecule has 0 aromatic heterocycles. The van der Waals surface area contributed by atoms with Gasteiger partial charge in [0.05, 0.1) is 0 Å². The summed E-state index contributed by atoms with van der Waals surface area (Å²) >= 11 is 0. The van der Waals surface area contributed by atoms with Crippen molar-refractivity contribution in [2.45, 2.75) is 59.3 Å². The van der Waals surface area contributed by atoms with Gasteiger partial charge in [0, 0.05) is 12.2 Å². The van der Waals surface area contributed by atoms with Crippen molar-refractivity contribution in [1.29, 1.82) is 0 Å². The number of unbranched alkanes of at least 4 members (excludes halogenated alkanes) is 5. The first-order valence-electron chi connectivity index (χ1n) is 7.05. The zero-order chi connectivity index (χ0) is 12.5. The van der Waals surface area contributed by atoms with Gasteiger partial charge in [-0.25, -0.2) is 0 Å². The lowest BCUT2D eigenvalue weighted by Gasteiger charge is -2.11. The highest BCUT2D eigenvalue weighted by Crippen LogP contribution is 2.18. The molecule has 1 rings (SSSR count). The Balaban J connectivity index is 2.16. The second kappa shape index (κ2) is 8.16. The normalized spacial score (nSPS) is 10.5. The average molecular weight is 233 g/mol. The number of benzene rings is 1. The lowest BCUT2D eigenvalue weighted by atomic mass is 10.1. The second-order valence-electron chi connectivity index (χ2n) is 4.94. The van der Waals surface area contributed by atoms with Crippen LogP contribution < -0.4 is 5.32 Å². The van der Waals surface area contributed by atoms with Crippen molar-refractivity contribution in [3.8, 4) is 0 Å². The van der Waals surface area contributed by atoms with Gasteiger partial charge in [-0.1, -0.05) is 51.2 Å². The first kappa shape index (κ1) is 14.1. The predicted molar refractivity (Wildman–Crippen MR) is 77.8 cm³/mol. The van der Waals surface area contributed by atoms with Crippen molar-refractivity contribution in [3.05, 3.63) is 29.3 Å². The summed E-state index contributed by atoms with van der Waals surface area (Å²) in [4.78, 5) is 0. The fraction of sp³-hybridized carbons (Fsp3) is 0.625. The van der Waals surface area contributed by atoms with Crippen molar-refractivity contribution in [2.24, 2.45) is 0 Å². The van der Waals surface area contributed by atoms with E-state index in [0.717, 1.165) is 6.54 Å². The summed E-state index contributed by atoms with van der Waals surface area (Å²) in [5.41, 5.74) is 4.06. The van der Waals surface area contributed by atoms with Gasteiger partial charge in [0.2, 0.25) is 0 Å². The molecule has 0 heterocycles. The molecule has 0 amide bonds. The highest BCUT2D eigenvalue weighted by Gasteiger charge is 1.99. The molecule has 0 unspecified atom stereocenters. The van der Waals surface area contributed by atoms with E-state index in [1.807, 2.05) is 0 Å². The maximum Gasteiger partial charge on any atom is 0.0372 e. The fourth-order valence-corrected chi connectivity index (χ4v) is 2.07. The standard InChI is InChI=1S/C16H27N/c1-4-5-6-7-8-9-13-17-16-12-10-11-14(2)15(16)3/h10-12,17H,4-9,13H2,1-3H3. The van der Waals surface area contributed by atoms with Crippen LogP contribution in [0.15, 0.2) is 18.2 Å². The van der Waals surface area contributed by atoms with E-state index in [1.165, 1.54) is 55.3 Å². The summed E-state index contributed by atoms with van der Waals surface area (Å²) in [6.45, 7) is 7.74. The van der Waals surface area contributed by atoms with Gasteiger partial charge in [-0.2, -0.15) is 0 Å². The van der Waals surface area contributed by atoms with Gasteiger partial charge in [-0.05, 0) is 37.5 Å². The molecule has 1 nitrogen and oxygen atoms in total. The molecule has 1 heteroatoms. The number of rotatable bonds is 8. The van der Waals surface area contributed by atoms with E-state index in [2.05, 4.69) is 44.3 Å². The molecular weight excluding hydrogens is 206 g/mol. The molecule has 0 aliphatic rings. The summed E-state index contributed by atoms with van der Waals surface area (Å²) in [5, 5.41) is 3.54. The zero-order valence-corrected chi connectivity index (χ0v) is 11.7. The Labute approximate surface area is 107 Å². The first-order chi connectivity index (χ1) is 8.25.